The van der Waals surface area contributed by atoms with Crippen LogP contribution >= 0.6 is 0 Å². The number of hydrogen-bond acceptors (Lipinski definition) is 6. The smallest absolute Gasteiger partial charge is 0.252 e. The number of benzene rings is 2. The predicted octanol–water partition coefficient (Wildman–Crippen LogP) is 5.33. The minimum absolute atomic E-state index is 0.110. The van der Waals surface area contributed by atoms with Gasteiger partial charge in [-0.05, 0) is 74.0 Å². The van der Waals surface area contributed by atoms with Crippen LogP contribution in [0.15, 0.2) is 47.0 Å². The Morgan fingerprint density at radius 3 is 2.34 bits per heavy atom. The van der Waals surface area contributed by atoms with Crippen molar-refractivity contribution in [2.75, 3.05) is 7.11 Å². The summed E-state index contributed by atoms with van der Waals surface area (Å²) in [5, 5.41) is 7.57. The van der Waals surface area contributed by atoms with Crippen molar-refractivity contribution < 1.29 is 18.8 Å². The molecule has 4 fully saturated rings. The lowest BCUT2D eigenvalue weighted by Crippen LogP contribution is -2.59. The van der Waals surface area contributed by atoms with Crippen LogP contribution in [0.1, 0.15) is 60.3 Å². The Kier molecular flexibility index (Phi) is 5.50. The Bertz CT molecular complexity index is 1200. The third kappa shape index (κ3) is 4.28. The first-order valence-corrected chi connectivity index (χ1v) is 12.5. The molecule has 4 aliphatic rings. The standard InChI is InChI=1S/C28H31N3O4/c1-17-29-26(31-35-17)22-11-24(33-2)25(34-16-18-6-4-3-5-7-18)12-23(22)27(32)30-28-13-19-8-20(14-28)10-21(9-19)15-28/h3-7,11-12,19-21H,8-10,13-16H2,1-2H3,(H,30,32). The summed E-state index contributed by atoms with van der Waals surface area (Å²) in [6.45, 7) is 2.11. The highest BCUT2D eigenvalue weighted by molar-refractivity contribution is 6.01. The van der Waals surface area contributed by atoms with Gasteiger partial charge in [-0.25, -0.2) is 0 Å². The van der Waals surface area contributed by atoms with E-state index in [-0.39, 0.29) is 11.4 Å². The van der Waals surface area contributed by atoms with Gasteiger partial charge in [0.1, 0.15) is 6.61 Å². The van der Waals surface area contributed by atoms with E-state index in [0.717, 1.165) is 42.6 Å². The van der Waals surface area contributed by atoms with Crippen molar-refractivity contribution >= 4 is 5.91 Å². The molecular weight excluding hydrogens is 442 g/mol. The molecule has 0 atom stereocenters. The van der Waals surface area contributed by atoms with Gasteiger partial charge >= 0.3 is 0 Å². The number of aromatic nitrogens is 2. The van der Waals surface area contributed by atoms with E-state index in [4.69, 9.17) is 14.0 Å². The molecule has 1 aromatic heterocycles. The van der Waals surface area contributed by atoms with Crippen molar-refractivity contribution in [3.8, 4) is 22.9 Å². The molecule has 7 rings (SSSR count). The van der Waals surface area contributed by atoms with Crippen LogP contribution < -0.4 is 14.8 Å². The first-order valence-electron chi connectivity index (χ1n) is 12.5. The van der Waals surface area contributed by atoms with Crippen LogP contribution in [-0.2, 0) is 6.61 Å². The lowest BCUT2D eigenvalue weighted by molar-refractivity contribution is -0.0166. The second-order valence-corrected chi connectivity index (χ2v) is 10.6. The molecule has 0 radical (unpaired) electrons. The number of hydrogen-bond donors (Lipinski definition) is 1. The highest BCUT2D eigenvalue weighted by Crippen LogP contribution is 2.55. The summed E-state index contributed by atoms with van der Waals surface area (Å²) < 4.78 is 17.0. The number of nitrogens with zero attached hydrogens (tertiary/aromatic N) is 2. The van der Waals surface area contributed by atoms with Crippen LogP contribution in [0, 0.1) is 24.7 Å². The summed E-state index contributed by atoms with van der Waals surface area (Å²) in [5.74, 6) is 3.93. The van der Waals surface area contributed by atoms with E-state index in [0.29, 0.717) is 40.9 Å². The number of methoxy groups -OCH3 is 1. The highest BCUT2D eigenvalue weighted by atomic mass is 16.5. The second-order valence-electron chi connectivity index (χ2n) is 10.6. The third-order valence-corrected chi connectivity index (χ3v) is 7.97. The monoisotopic (exact) mass is 473 g/mol. The molecule has 0 unspecified atom stereocenters. The van der Waals surface area contributed by atoms with Crippen LogP contribution in [0.2, 0.25) is 0 Å². The molecule has 2 aromatic carbocycles. The molecule has 4 saturated carbocycles. The van der Waals surface area contributed by atoms with Gasteiger partial charge in [-0.3, -0.25) is 4.79 Å². The van der Waals surface area contributed by atoms with Crippen molar-refractivity contribution in [2.24, 2.45) is 17.8 Å². The van der Waals surface area contributed by atoms with Crippen LogP contribution in [0.25, 0.3) is 11.4 Å². The van der Waals surface area contributed by atoms with Gasteiger partial charge in [0.25, 0.3) is 5.91 Å². The van der Waals surface area contributed by atoms with E-state index in [1.165, 1.54) is 19.3 Å². The van der Waals surface area contributed by atoms with Crippen molar-refractivity contribution in [1.29, 1.82) is 0 Å². The number of aryl methyl sites for hydroxylation is 1. The van der Waals surface area contributed by atoms with Crippen molar-refractivity contribution in [3.05, 3.63) is 59.5 Å². The van der Waals surface area contributed by atoms with E-state index in [1.807, 2.05) is 30.3 Å². The number of amides is 1. The Morgan fingerprint density at radius 2 is 1.74 bits per heavy atom. The van der Waals surface area contributed by atoms with Crippen LogP contribution in [-0.4, -0.2) is 28.7 Å². The number of carbonyl (C=O) groups excluding carboxylic acids is 1. The van der Waals surface area contributed by atoms with Gasteiger partial charge in [0.15, 0.2) is 11.5 Å². The summed E-state index contributed by atoms with van der Waals surface area (Å²) in [6.07, 6.45) is 7.20. The van der Waals surface area contributed by atoms with E-state index in [2.05, 4.69) is 15.5 Å². The molecule has 0 aliphatic heterocycles. The Labute approximate surface area is 205 Å². The predicted molar refractivity (Wildman–Crippen MR) is 130 cm³/mol. The largest absolute Gasteiger partial charge is 0.493 e. The van der Waals surface area contributed by atoms with Gasteiger partial charge in [-0.2, -0.15) is 4.98 Å². The van der Waals surface area contributed by atoms with E-state index < -0.39 is 0 Å². The van der Waals surface area contributed by atoms with Gasteiger partial charge in [-0.1, -0.05) is 35.5 Å². The quantitative estimate of drug-likeness (QED) is 0.499. The minimum Gasteiger partial charge on any atom is -0.493 e. The van der Waals surface area contributed by atoms with Gasteiger partial charge in [0.2, 0.25) is 11.7 Å². The van der Waals surface area contributed by atoms with Gasteiger partial charge in [0, 0.05) is 18.0 Å². The maximum atomic E-state index is 13.9. The number of carbonyl (C=O) groups is 1. The molecule has 4 bridgehead atoms. The maximum absolute atomic E-state index is 13.9. The van der Waals surface area contributed by atoms with Crippen molar-refractivity contribution in [2.45, 2.75) is 57.6 Å². The first kappa shape index (κ1) is 22.1. The normalized spacial score (nSPS) is 26.5. The zero-order valence-corrected chi connectivity index (χ0v) is 20.3. The van der Waals surface area contributed by atoms with Crippen LogP contribution in [0.3, 0.4) is 0 Å². The minimum atomic E-state index is -0.114. The molecule has 35 heavy (non-hydrogen) atoms. The molecule has 182 valence electrons. The number of nitrogens with one attached hydrogen (secondary N) is 1. The summed E-state index contributed by atoms with van der Waals surface area (Å²) in [7, 11) is 1.59. The molecule has 7 nitrogen and oxygen atoms in total. The maximum Gasteiger partial charge on any atom is 0.252 e. The molecule has 3 aromatic rings. The van der Waals surface area contributed by atoms with Crippen molar-refractivity contribution in [1.82, 2.24) is 15.5 Å². The highest BCUT2D eigenvalue weighted by Gasteiger charge is 2.51. The Hall–Kier alpha value is -3.35. The SMILES string of the molecule is COc1cc(-c2noc(C)n2)c(C(=O)NC23CC4CC(CC(C4)C2)C3)cc1OCc1ccccc1. The molecule has 1 amide bonds. The van der Waals surface area contributed by atoms with Gasteiger partial charge in [-0.15, -0.1) is 0 Å². The molecule has 0 spiro atoms. The second kappa shape index (κ2) is 8.70. The molecule has 4 aliphatic carbocycles. The van der Waals surface area contributed by atoms with Crippen molar-refractivity contribution in [3.63, 3.8) is 0 Å². The fraction of sp³-hybridized carbons (Fsp3) is 0.464. The van der Waals surface area contributed by atoms with E-state index in [9.17, 15) is 4.79 Å². The molecule has 1 heterocycles. The Morgan fingerprint density at radius 1 is 1.06 bits per heavy atom. The van der Waals surface area contributed by atoms with E-state index in [1.54, 1.807) is 26.2 Å². The number of ether oxygens (including phenoxy) is 2. The molecule has 7 heteroatoms. The van der Waals surface area contributed by atoms with E-state index >= 15 is 0 Å². The van der Waals surface area contributed by atoms with Crippen LogP contribution in [0.4, 0.5) is 0 Å². The molecule has 0 saturated heterocycles. The summed E-state index contributed by atoms with van der Waals surface area (Å²) in [5.41, 5.74) is 1.98. The third-order valence-electron chi connectivity index (χ3n) is 7.97. The molecule has 1 N–H and O–H groups in total. The Balaban J connectivity index is 1.34. The topological polar surface area (TPSA) is 86.5 Å². The number of rotatable bonds is 7. The summed E-state index contributed by atoms with van der Waals surface area (Å²) in [6, 6.07) is 13.5. The fourth-order valence-corrected chi connectivity index (χ4v) is 6.92. The average molecular weight is 474 g/mol. The lowest BCUT2D eigenvalue weighted by atomic mass is 9.53. The van der Waals surface area contributed by atoms with Crippen LogP contribution in [0.5, 0.6) is 11.5 Å². The first-order chi connectivity index (χ1) is 17.0. The fourth-order valence-electron chi connectivity index (χ4n) is 6.92. The summed E-state index contributed by atoms with van der Waals surface area (Å²) >= 11 is 0. The zero-order chi connectivity index (χ0) is 24.0. The molecular formula is C28H31N3O4. The zero-order valence-electron chi connectivity index (χ0n) is 20.3. The van der Waals surface area contributed by atoms with Gasteiger partial charge < -0.3 is 19.3 Å². The average Bonchev–Trinajstić information content (AvgIpc) is 3.27. The summed E-state index contributed by atoms with van der Waals surface area (Å²) in [4.78, 5) is 18.3. The lowest BCUT2D eigenvalue weighted by Gasteiger charge is -2.56. The van der Waals surface area contributed by atoms with Gasteiger partial charge in [0.05, 0.1) is 12.7 Å².